The Morgan fingerprint density at radius 2 is 1.75 bits per heavy atom. The lowest BCUT2D eigenvalue weighted by molar-refractivity contribution is 0.248. The molecule has 2 aromatic carbocycles. The first-order valence-corrected chi connectivity index (χ1v) is 14.1. The number of nitrogens with one attached hydrogen (secondary N) is 1. The highest BCUT2D eigenvalue weighted by atomic mass is 16.5. The number of rotatable bonds is 13. The number of methoxy groups -OCH3 is 1. The molecule has 2 aromatic heterocycles. The second-order valence-electron chi connectivity index (χ2n) is 10.1. The molecule has 210 valence electrons. The Balaban J connectivity index is 1.06. The van der Waals surface area contributed by atoms with E-state index in [1.165, 1.54) is 12.8 Å². The first-order chi connectivity index (χ1) is 19.7. The van der Waals surface area contributed by atoms with Crippen molar-refractivity contribution in [3.63, 3.8) is 0 Å². The van der Waals surface area contributed by atoms with Gasteiger partial charge in [0, 0.05) is 56.1 Å². The van der Waals surface area contributed by atoms with Crippen LogP contribution in [-0.2, 0) is 6.54 Å². The third-order valence-electron chi connectivity index (χ3n) is 7.30. The van der Waals surface area contributed by atoms with Crippen molar-refractivity contribution in [3.8, 4) is 11.5 Å². The fraction of sp³-hybridized carbons (Fsp3) is 0.387. The zero-order valence-corrected chi connectivity index (χ0v) is 23.3. The van der Waals surface area contributed by atoms with Crippen molar-refractivity contribution in [2.45, 2.75) is 32.2 Å². The quantitative estimate of drug-likeness (QED) is 0.179. The van der Waals surface area contributed by atoms with Gasteiger partial charge in [-0.25, -0.2) is 15.0 Å². The van der Waals surface area contributed by atoms with Gasteiger partial charge in [0.05, 0.1) is 19.2 Å². The van der Waals surface area contributed by atoms with Crippen LogP contribution in [0.15, 0.2) is 67.1 Å². The number of hydrogen-bond donors (Lipinski definition) is 2. The van der Waals surface area contributed by atoms with Crippen LogP contribution in [0.3, 0.4) is 0 Å². The first-order valence-electron chi connectivity index (χ1n) is 14.1. The molecule has 1 saturated heterocycles. The number of aromatic nitrogens is 3. The molecule has 5 rings (SSSR count). The molecule has 0 spiro atoms. The molecule has 1 aliphatic heterocycles. The molecule has 1 fully saturated rings. The van der Waals surface area contributed by atoms with Crippen LogP contribution >= 0.6 is 0 Å². The van der Waals surface area contributed by atoms with E-state index in [1.807, 2.05) is 48.7 Å². The van der Waals surface area contributed by atoms with E-state index in [0.29, 0.717) is 24.7 Å². The lowest BCUT2D eigenvalue weighted by atomic mass is 10.1. The van der Waals surface area contributed by atoms with Crippen LogP contribution in [0.2, 0.25) is 0 Å². The van der Waals surface area contributed by atoms with E-state index in [0.717, 1.165) is 79.4 Å². The molecule has 9 heteroatoms. The third-order valence-corrected chi connectivity index (χ3v) is 7.30. The van der Waals surface area contributed by atoms with Gasteiger partial charge in [-0.2, -0.15) is 0 Å². The zero-order chi connectivity index (χ0) is 27.6. The van der Waals surface area contributed by atoms with Gasteiger partial charge in [0.15, 0.2) is 11.5 Å². The number of anilines is 3. The molecule has 0 saturated carbocycles. The van der Waals surface area contributed by atoms with Gasteiger partial charge >= 0.3 is 0 Å². The van der Waals surface area contributed by atoms with Crippen LogP contribution < -0.4 is 25.4 Å². The molecular formula is C31H39N7O2. The molecule has 0 radical (unpaired) electrons. The molecule has 1 aliphatic rings. The number of pyridine rings is 1. The molecular weight excluding hydrogens is 502 g/mol. The van der Waals surface area contributed by atoms with Gasteiger partial charge in [-0.05, 0) is 55.3 Å². The topological polar surface area (TPSA) is 102 Å². The van der Waals surface area contributed by atoms with E-state index >= 15 is 0 Å². The Labute approximate surface area is 236 Å². The lowest BCUT2D eigenvalue weighted by Crippen LogP contribution is -2.46. The van der Waals surface area contributed by atoms with E-state index in [-0.39, 0.29) is 0 Å². The SMILES string of the molecule is COc1cc2ncnc(NCc3cccc(N)c3)c2cc1OCCCCCCN1CCN(c2ccccn2)CC1. The van der Waals surface area contributed by atoms with E-state index in [1.54, 1.807) is 13.4 Å². The Kier molecular flexibility index (Phi) is 9.47. The second-order valence-corrected chi connectivity index (χ2v) is 10.1. The van der Waals surface area contributed by atoms with Crippen molar-refractivity contribution in [1.82, 2.24) is 19.9 Å². The standard InChI is InChI=1S/C31H39N7O2/c1-39-28-21-27-26(31(36-23-35-27)34-22-24-9-8-10-25(32)19-24)20-29(28)40-18-7-3-2-6-13-37-14-16-38(17-15-37)30-11-4-5-12-33-30/h4-5,8-12,19-21,23H,2-3,6-7,13-18,22,32H2,1H3,(H,34,35,36). The van der Waals surface area contributed by atoms with Crippen molar-refractivity contribution in [2.75, 3.05) is 62.4 Å². The summed E-state index contributed by atoms with van der Waals surface area (Å²) in [6, 6.07) is 17.8. The molecule has 0 bridgehead atoms. The monoisotopic (exact) mass is 541 g/mol. The smallest absolute Gasteiger partial charge is 0.162 e. The summed E-state index contributed by atoms with van der Waals surface area (Å²) in [4.78, 5) is 18.3. The average molecular weight is 542 g/mol. The van der Waals surface area contributed by atoms with Gasteiger partial charge in [0.25, 0.3) is 0 Å². The highest BCUT2D eigenvalue weighted by Crippen LogP contribution is 2.34. The van der Waals surface area contributed by atoms with E-state index in [2.05, 4.69) is 42.2 Å². The van der Waals surface area contributed by atoms with Gasteiger partial charge in [0.2, 0.25) is 0 Å². The second kappa shape index (κ2) is 13.8. The number of nitrogens with zero attached hydrogens (tertiary/aromatic N) is 5. The fourth-order valence-corrected chi connectivity index (χ4v) is 5.08. The molecule has 0 aliphatic carbocycles. The maximum absolute atomic E-state index is 6.17. The van der Waals surface area contributed by atoms with Crippen LogP contribution in [-0.4, -0.2) is 66.3 Å². The van der Waals surface area contributed by atoms with Gasteiger partial charge in [0.1, 0.15) is 18.0 Å². The molecule has 0 unspecified atom stereocenters. The molecule has 40 heavy (non-hydrogen) atoms. The van der Waals surface area contributed by atoms with Crippen molar-refractivity contribution >= 4 is 28.2 Å². The normalized spacial score (nSPS) is 13.9. The van der Waals surface area contributed by atoms with Gasteiger partial charge in [-0.3, -0.25) is 4.90 Å². The minimum atomic E-state index is 0.610. The van der Waals surface area contributed by atoms with E-state index in [4.69, 9.17) is 15.2 Å². The van der Waals surface area contributed by atoms with Gasteiger partial charge < -0.3 is 25.4 Å². The van der Waals surface area contributed by atoms with Gasteiger partial charge in [-0.1, -0.05) is 31.0 Å². The van der Waals surface area contributed by atoms with Crippen molar-refractivity contribution in [3.05, 3.63) is 72.7 Å². The predicted octanol–water partition coefficient (Wildman–Crippen LogP) is 4.99. The summed E-state index contributed by atoms with van der Waals surface area (Å²) >= 11 is 0. The Bertz CT molecular complexity index is 1360. The predicted molar refractivity (Wildman–Crippen MR) is 161 cm³/mol. The summed E-state index contributed by atoms with van der Waals surface area (Å²) in [7, 11) is 1.66. The molecule has 3 heterocycles. The number of hydrogen-bond acceptors (Lipinski definition) is 9. The molecule has 9 nitrogen and oxygen atoms in total. The summed E-state index contributed by atoms with van der Waals surface area (Å²) in [6.07, 6.45) is 7.98. The summed E-state index contributed by atoms with van der Waals surface area (Å²) in [5, 5.41) is 4.31. The van der Waals surface area contributed by atoms with Crippen LogP contribution in [0.4, 0.5) is 17.3 Å². The van der Waals surface area contributed by atoms with E-state index in [9.17, 15) is 0 Å². The molecule has 4 aromatic rings. The summed E-state index contributed by atoms with van der Waals surface area (Å²) in [5.74, 6) is 3.23. The number of benzene rings is 2. The molecule has 0 atom stereocenters. The number of unbranched alkanes of at least 4 members (excludes halogenated alkanes) is 3. The Morgan fingerprint density at radius 3 is 2.55 bits per heavy atom. The van der Waals surface area contributed by atoms with Gasteiger partial charge in [-0.15, -0.1) is 0 Å². The Hall–Kier alpha value is -4.11. The minimum Gasteiger partial charge on any atom is -0.493 e. The molecule has 3 N–H and O–H groups in total. The average Bonchev–Trinajstić information content (AvgIpc) is 3.00. The van der Waals surface area contributed by atoms with Crippen LogP contribution in [0.25, 0.3) is 10.9 Å². The highest BCUT2D eigenvalue weighted by Gasteiger charge is 2.17. The number of ether oxygens (including phenoxy) is 2. The lowest BCUT2D eigenvalue weighted by Gasteiger charge is -2.35. The fourth-order valence-electron chi connectivity index (χ4n) is 5.08. The maximum atomic E-state index is 6.17. The largest absolute Gasteiger partial charge is 0.493 e. The minimum absolute atomic E-state index is 0.610. The third kappa shape index (κ3) is 7.30. The summed E-state index contributed by atoms with van der Waals surface area (Å²) in [6.45, 7) is 6.69. The van der Waals surface area contributed by atoms with Crippen molar-refractivity contribution in [1.29, 1.82) is 0 Å². The van der Waals surface area contributed by atoms with Crippen LogP contribution in [0, 0.1) is 0 Å². The highest BCUT2D eigenvalue weighted by molar-refractivity contribution is 5.91. The van der Waals surface area contributed by atoms with Crippen LogP contribution in [0.1, 0.15) is 31.2 Å². The number of piperazine rings is 1. The first kappa shape index (κ1) is 27.5. The number of nitrogens with two attached hydrogens (primary N) is 1. The Morgan fingerprint density at radius 1 is 0.875 bits per heavy atom. The molecule has 0 amide bonds. The summed E-state index contributed by atoms with van der Waals surface area (Å²) < 4.78 is 11.8. The van der Waals surface area contributed by atoms with E-state index < -0.39 is 0 Å². The van der Waals surface area contributed by atoms with Crippen LogP contribution in [0.5, 0.6) is 11.5 Å². The summed E-state index contributed by atoms with van der Waals surface area (Å²) in [5.41, 5.74) is 8.55. The number of fused-ring (bicyclic) bond motifs is 1. The van der Waals surface area contributed by atoms with Crippen molar-refractivity contribution in [2.24, 2.45) is 0 Å². The maximum Gasteiger partial charge on any atom is 0.162 e. The zero-order valence-electron chi connectivity index (χ0n) is 23.3. The number of nitrogen functional groups attached to an aromatic ring is 1. The van der Waals surface area contributed by atoms with Crippen molar-refractivity contribution < 1.29 is 9.47 Å².